The summed E-state index contributed by atoms with van der Waals surface area (Å²) in [7, 11) is 0. The van der Waals surface area contributed by atoms with E-state index in [0.717, 1.165) is 22.6 Å². The number of ether oxygens (including phenoxy) is 1. The third-order valence-electron chi connectivity index (χ3n) is 3.28. The minimum atomic E-state index is -0.227. The molecule has 1 aliphatic heterocycles. The highest BCUT2D eigenvalue weighted by atomic mass is 32.1. The van der Waals surface area contributed by atoms with Crippen LogP contribution in [0.1, 0.15) is 11.7 Å². The van der Waals surface area contributed by atoms with Crippen LogP contribution in [0.15, 0.2) is 29.8 Å². The van der Waals surface area contributed by atoms with Gasteiger partial charge in [-0.15, -0.1) is 0 Å². The predicted octanol–water partition coefficient (Wildman–Crippen LogP) is 2.84. The van der Waals surface area contributed by atoms with Gasteiger partial charge in [0.05, 0.1) is 19.4 Å². The Labute approximate surface area is 125 Å². The van der Waals surface area contributed by atoms with Gasteiger partial charge in [0.1, 0.15) is 11.3 Å². The summed E-state index contributed by atoms with van der Waals surface area (Å²) in [5.74, 6) is -0.227. The predicted molar refractivity (Wildman–Crippen MR) is 77.6 cm³/mol. The van der Waals surface area contributed by atoms with Crippen molar-refractivity contribution in [2.24, 2.45) is 0 Å². The molecule has 0 spiro atoms. The average molecular weight is 311 g/mol. The van der Waals surface area contributed by atoms with Crippen LogP contribution in [-0.2, 0) is 11.4 Å². The van der Waals surface area contributed by atoms with Crippen molar-refractivity contribution in [1.82, 2.24) is 14.7 Å². The second-order valence-corrected chi connectivity index (χ2v) is 6.11. The van der Waals surface area contributed by atoms with Crippen molar-refractivity contribution in [3.05, 3.63) is 45.1 Å². The highest BCUT2D eigenvalue weighted by molar-refractivity contribution is 7.73. The van der Waals surface area contributed by atoms with E-state index in [9.17, 15) is 4.39 Å². The van der Waals surface area contributed by atoms with Crippen molar-refractivity contribution >= 4 is 23.6 Å². The first-order valence-corrected chi connectivity index (χ1v) is 7.61. The quantitative estimate of drug-likeness (QED) is 0.816. The number of rotatable bonds is 3. The highest BCUT2D eigenvalue weighted by Gasteiger charge is 2.22. The number of benzene rings is 1. The Balaban J connectivity index is 1.69. The van der Waals surface area contributed by atoms with Crippen LogP contribution in [0.5, 0.6) is 0 Å². The molecule has 3 rings (SSSR count). The van der Waals surface area contributed by atoms with Gasteiger partial charge in [-0.05, 0) is 29.9 Å². The number of hydrogen-bond acceptors (Lipinski definition) is 5. The number of morpholine rings is 1. The molecule has 0 N–H and O–H groups in total. The van der Waals surface area contributed by atoms with E-state index in [1.165, 1.54) is 23.5 Å². The Morgan fingerprint density at radius 2 is 2.20 bits per heavy atom. The summed E-state index contributed by atoms with van der Waals surface area (Å²) in [5.41, 5.74) is 2.75. The molecular weight excluding hydrogens is 297 g/mol. The molecule has 1 saturated heterocycles. The van der Waals surface area contributed by atoms with E-state index in [1.807, 2.05) is 4.68 Å². The summed E-state index contributed by atoms with van der Waals surface area (Å²) < 4.78 is 21.3. The highest BCUT2D eigenvalue weighted by Crippen LogP contribution is 2.22. The molecule has 0 amide bonds. The van der Waals surface area contributed by atoms with Gasteiger partial charge in [0.2, 0.25) is 0 Å². The summed E-state index contributed by atoms with van der Waals surface area (Å²) >= 11 is 6.67. The third kappa shape index (κ3) is 3.12. The second-order valence-electron chi connectivity index (χ2n) is 4.63. The second kappa shape index (κ2) is 6.09. The SMILES string of the molecule is Fc1ccc([C@H]2CN(Cn3ncsc3=S)CCO2)cc1. The molecule has 0 bridgehead atoms. The van der Waals surface area contributed by atoms with Gasteiger partial charge in [-0.3, -0.25) is 4.90 Å². The average Bonchev–Trinajstić information content (AvgIpc) is 2.85. The molecule has 7 heteroatoms. The molecule has 0 unspecified atom stereocenters. The Bertz CT molecular complexity index is 625. The molecule has 1 aromatic carbocycles. The molecule has 20 heavy (non-hydrogen) atoms. The molecule has 1 fully saturated rings. The van der Waals surface area contributed by atoms with Crippen molar-refractivity contribution in [2.45, 2.75) is 12.8 Å². The lowest BCUT2D eigenvalue weighted by atomic mass is 10.1. The van der Waals surface area contributed by atoms with Crippen LogP contribution in [0.3, 0.4) is 0 Å². The fraction of sp³-hybridized carbons (Fsp3) is 0.385. The van der Waals surface area contributed by atoms with Crippen LogP contribution in [-0.4, -0.2) is 34.4 Å². The van der Waals surface area contributed by atoms with Gasteiger partial charge in [0.15, 0.2) is 3.95 Å². The standard InChI is InChI=1S/C13H14FN3OS2/c14-11-3-1-10(2-4-11)12-7-16(5-6-18-12)9-17-13(19)20-8-15-17/h1-4,8,12H,5-7,9H2/t12-/m1/s1. The zero-order chi connectivity index (χ0) is 13.9. The van der Waals surface area contributed by atoms with Gasteiger partial charge in [0, 0.05) is 13.1 Å². The summed E-state index contributed by atoms with van der Waals surface area (Å²) in [5, 5.41) is 4.22. The molecule has 2 heterocycles. The van der Waals surface area contributed by atoms with Crippen molar-refractivity contribution in [2.75, 3.05) is 19.7 Å². The Hall–Kier alpha value is -1.15. The molecule has 106 valence electrons. The van der Waals surface area contributed by atoms with E-state index in [1.54, 1.807) is 17.6 Å². The fourth-order valence-corrected chi connectivity index (χ4v) is 2.94. The molecule has 1 aromatic heterocycles. The Morgan fingerprint density at radius 3 is 2.90 bits per heavy atom. The summed E-state index contributed by atoms with van der Waals surface area (Å²) in [4.78, 5) is 2.24. The minimum Gasteiger partial charge on any atom is -0.371 e. The van der Waals surface area contributed by atoms with Crippen LogP contribution in [0.2, 0.25) is 0 Å². The molecule has 4 nitrogen and oxygen atoms in total. The Morgan fingerprint density at radius 1 is 1.40 bits per heavy atom. The lowest BCUT2D eigenvalue weighted by Crippen LogP contribution is -2.39. The molecule has 0 aliphatic carbocycles. The van der Waals surface area contributed by atoms with Crippen molar-refractivity contribution < 1.29 is 9.13 Å². The monoisotopic (exact) mass is 311 g/mol. The Kier molecular flexibility index (Phi) is 4.21. The van der Waals surface area contributed by atoms with Crippen molar-refractivity contribution in [3.63, 3.8) is 0 Å². The first-order valence-electron chi connectivity index (χ1n) is 6.32. The number of nitrogens with zero attached hydrogens (tertiary/aromatic N) is 3. The van der Waals surface area contributed by atoms with Gasteiger partial charge >= 0.3 is 0 Å². The van der Waals surface area contributed by atoms with Crippen molar-refractivity contribution in [3.8, 4) is 0 Å². The van der Waals surface area contributed by atoms with Crippen LogP contribution >= 0.6 is 23.6 Å². The van der Waals surface area contributed by atoms with Gasteiger partial charge in [-0.1, -0.05) is 23.5 Å². The zero-order valence-electron chi connectivity index (χ0n) is 10.7. The van der Waals surface area contributed by atoms with Gasteiger partial charge < -0.3 is 4.74 Å². The van der Waals surface area contributed by atoms with Crippen LogP contribution < -0.4 is 0 Å². The lowest BCUT2D eigenvalue weighted by molar-refractivity contribution is -0.0417. The van der Waals surface area contributed by atoms with Crippen LogP contribution in [0.4, 0.5) is 4.39 Å². The number of aromatic nitrogens is 2. The van der Waals surface area contributed by atoms with Gasteiger partial charge in [-0.2, -0.15) is 5.10 Å². The molecule has 0 radical (unpaired) electrons. The number of halogens is 1. The van der Waals surface area contributed by atoms with Gasteiger partial charge in [0.25, 0.3) is 0 Å². The van der Waals surface area contributed by atoms with E-state index in [4.69, 9.17) is 17.0 Å². The third-order valence-corrected chi connectivity index (χ3v) is 4.39. The van der Waals surface area contributed by atoms with Crippen molar-refractivity contribution in [1.29, 1.82) is 0 Å². The van der Waals surface area contributed by atoms with E-state index in [0.29, 0.717) is 13.3 Å². The summed E-state index contributed by atoms with van der Waals surface area (Å²) in [6.45, 7) is 2.92. The smallest absolute Gasteiger partial charge is 0.180 e. The largest absolute Gasteiger partial charge is 0.371 e. The van der Waals surface area contributed by atoms with Gasteiger partial charge in [-0.25, -0.2) is 9.07 Å². The molecule has 1 atom stereocenters. The molecule has 2 aromatic rings. The zero-order valence-corrected chi connectivity index (χ0v) is 12.4. The topological polar surface area (TPSA) is 30.3 Å². The maximum atomic E-state index is 13.0. The van der Waals surface area contributed by atoms with E-state index in [2.05, 4.69) is 10.00 Å². The normalized spacial score (nSPS) is 20.1. The van der Waals surface area contributed by atoms with E-state index >= 15 is 0 Å². The first kappa shape index (κ1) is 13.8. The fourth-order valence-electron chi connectivity index (χ4n) is 2.23. The minimum absolute atomic E-state index is 0.0304. The summed E-state index contributed by atoms with van der Waals surface area (Å²) in [6, 6.07) is 6.48. The molecule has 1 aliphatic rings. The van der Waals surface area contributed by atoms with Crippen LogP contribution in [0.25, 0.3) is 0 Å². The maximum Gasteiger partial charge on any atom is 0.180 e. The summed E-state index contributed by atoms with van der Waals surface area (Å²) in [6.07, 6.45) is -0.0304. The number of hydrogen-bond donors (Lipinski definition) is 0. The van der Waals surface area contributed by atoms with E-state index < -0.39 is 0 Å². The van der Waals surface area contributed by atoms with Crippen LogP contribution in [0, 0.1) is 9.77 Å². The first-order chi connectivity index (χ1) is 9.72. The van der Waals surface area contributed by atoms with E-state index in [-0.39, 0.29) is 11.9 Å². The molecule has 0 saturated carbocycles. The lowest BCUT2D eigenvalue weighted by Gasteiger charge is -2.32. The molecular formula is C13H14FN3OS2. The maximum absolute atomic E-state index is 13.0.